The van der Waals surface area contributed by atoms with E-state index < -0.39 is 12.1 Å². The number of esters is 1. The Kier molecular flexibility index (Phi) is 5.30. The van der Waals surface area contributed by atoms with Gasteiger partial charge in [-0.05, 0) is 30.7 Å². The Morgan fingerprint density at radius 2 is 2.09 bits per heavy atom. The second-order valence-electron chi connectivity index (χ2n) is 4.87. The molecule has 1 aromatic carbocycles. The van der Waals surface area contributed by atoms with Crippen LogP contribution in [0.25, 0.3) is 0 Å². The molecule has 2 N–H and O–H groups in total. The average molecular weight is 307 g/mol. The predicted octanol–water partition coefficient (Wildman–Crippen LogP) is 2.34. The fourth-order valence-electron chi connectivity index (χ4n) is 2.08. The molecule has 0 fully saturated rings. The van der Waals surface area contributed by atoms with Gasteiger partial charge < -0.3 is 19.6 Å². The zero-order chi connectivity index (χ0) is 16.1. The third kappa shape index (κ3) is 3.93. The van der Waals surface area contributed by atoms with Gasteiger partial charge in [0.2, 0.25) is 0 Å². The number of carbonyl (C=O) groups is 1. The molecule has 1 aromatic heterocycles. The Labute approximate surface area is 127 Å². The Bertz CT molecular complexity index is 636. The molecular formula is C16H18FNO4. The van der Waals surface area contributed by atoms with Crippen molar-refractivity contribution in [2.75, 3.05) is 13.7 Å². The first kappa shape index (κ1) is 16.2. The number of halogens is 1. The summed E-state index contributed by atoms with van der Waals surface area (Å²) in [6.07, 6.45) is -0.753. The first-order chi connectivity index (χ1) is 10.5. The molecule has 6 heteroatoms. The summed E-state index contributed by atoms with van der Waals surface area (Å²) < 4.78 is 22.9. The van der Waals surface area contributed by atoms with Gasteiger partial charge in [0.15, 0.2) is 0 Å². The maximum Gasteiger partial charge on any atom is 0.341 e. The molecule has 0 radical (unpaired) electrons. The number of methoxy groups -OCH3 is 1. The zero-order valence-corrected chi connectivity index (χ0v) is 12.4. The first-order valence-corrected chi connectivity index (χ1v) is 6.83. The van der Waals surface area contributed by atoms with Crippen molar-refractivity contribution in [3.05, 3.63) is 58.8 Å². The van der Waals surface area contributed by atoms with Crippen LogP contribution >= 0.6 is 0 Å². The average Bonchev–Trinajstić information content (AvgIpc) is 2.88. The van der Waals surface area contributed by atoms with E-state index in [2.05, 4.69) is 10.1 Å². The summed E-state index contributed by atoms with van der Waals surface area (Å²) in [7, 11) is 1.31. The van der Waals surface area contributed by atoms with Crippen LogP contribution in [0, 0.1) is 12.7 Å². The van der Waals surface area contributed by atoms with E-state index in [9.17, 15) is 14.3 Å². The predicted molar refractivity (Wildman–Crippen MR) is 77.9 cm³/mol. The summed E-state index contributed by atoms with van der Waals surface area (Å²) in [6.45, 7) is 2.32. The molecule has 0 saturated heterocycles. The van der Waals surface area contributed by atoms with Crippen LogP contribution in [0.4, 0.5) is 4.39 Å². The largest absolute Gasteiger partial charge is 0.465 e. The van der Waals surface area contributed by atoms with Crippen LogP contribution in [0.1, 0.15) is 33.5 Å². The number of aliphatic hydroxyl groups is 1. The van der Waals surface area contributed by atoms with Gasteiger partial charge >= 0.3 is 5.97 Å². The van der Waals surface area contributed by atoms with E-state index in [1.54, 1.807) is 13.0 Å². The fourth-order valence-corrected chi connectivity index (χ4v) is 2.08. The highest BCUT2D eigenvalue weighted by Gasteiger charge is 2.15. The number of ether oxygens (including phenoxy) is 1. The van der Waals surface area contributed by atoms with Crippen LogP contribution in [0.2, 0.25) is 0 Å². The lowest BCUT2D eigenvalue weighted by Gasteiger charge is -2.11. The van der Waals surface area contributed by atoms with Crippen molar-refractivity contribution < 1.29 is 23.4 Å². The van der Waals surface area contributed by atoms with E-state index in [-0.39, 0.29) is 12.4 Å². The molecule has 0 aliphatic carbocycles. The van der Waals surface area contributed by atoms with Gasteiger partial charge in [0.25, 0.3) is 0 Å². The van der Waals surface area contributed by atoms with Gasteiger partial charge in [0.05, 0.1) is 19.8 Å². The van der Waals surface area contributed by atoms with E-state index in [0.29, 0.717) is 29.2 Å². The Morgan fingerprint density at radius 1 is 1.41 bits per heavy atom. The van der Waals surface area contributed by atoms with Crippen molar-refractivity contribution in [3.8, 4) is 0 Å². The van der Waals surface area contributed by atoms with Crippen molar-refractivity contribution in [3.63, 3.8) is 0 Å². The minimum atomic E-state index is -0.753. The van der Waals surface area contributed by atoms with Gasteiger partial charge in [0.1, 0.15) is 22.9 Å². The molecule has 2 rings (SSSR count). The highest BCUT2D eigenvalue weighted by molar-refractivity contribution is 5.90. The van der Waals surface area contributed by atoms with Gasteiger partial charge in [0, 0.05) is 6.54 Å². The van der Waals surface area contributed by atoms with Gasteiger partial charge in [-0.25, -0.2) is 9.18 Å². The van der Waals surface area contributed by atoms with E-state index >= 15 is 0 Å². The van der Waals surface area contributed by atoms with Crippen molar-refractivity contribution in [2.45, 2.75) is 19.6 Å². The van der Waals surface area contributed by atoms with Gasteiger partial charge in [-0.2, -0.15) is 0 Å². The van der Waals surface area contributed by atoms with Crippen LogP contribution < -0.4 is 5.32 Å². The van der Waals surface area contributed by atoms with E-state index in [1.165, 1.54) is 31.4 Å². The SMILES string of the molecule is COC(=O)c1cc(CNCC(O)c2ccc(F)cc2)oc1C. The van der Waals surface area contributed by atoms with E-state index in [0.717, 1.165) is 0 Å². The van der Waals surface area contributed by atoms with Crippen LogP contribution in [0.15, 0.2) is 34.7 Å². The highest BCUT2D eigenvalue weighted by atomic mass is 19.1. The molecule has 0 bridgehead atoms. The number of aliphatic hydroxyl groups excluding tert-OH is 1. The van der Waals surface area contributed by atoms with Crippen LogP contribution in [-0.2, 0) is 11.3 Å². The molecule has 0 aliphatic heterocycles. The lowest BCUT2D eigenvalue weighted by Crippen LogP contribution is -2.20. The van der Waals surface area contributed by atoms with Crippen LogP contribution in [0.5, 0.6) is 0 Å². The number of rotatable bonds is 6. The van der Waals surface area contributed by atoms with E-state index in [1.807, 2.05) is 0 Å². The number of nitrogens with one attached hydrogen (secondary N) is 1. The number of hydrogen-bond donors (Lipinski definition) is 2. The monoisotopic (exact) mass is 307 g/mol. The molecule has 5 nitrogen and oxygen atoms in total. The normalized spacial score (nSPS) is 12.2. The molecule has 0 saturated carbocycles. The standard InChI is InChI=1S/C16H18FNO4/c1-10-14(16(20)21-2)7-13(22-10)8-18-9-15(19)11-3-5-12(17)6-4-11/h3-7,15,18-19H,8-9H2,1-2H3. The summed E-state index contributed by atoms with van der Waals surface area (Å²) in [5.41, 5.74) is 1.01. The zero-order valence-electron chi connectivity index (χ0n) is 12.4. The molecule has 1 atom stereocenters. The van der Waals surface area contributed by atoms with Gasteiger partial charge in [-0.15, -0.1) is 0 Å². The molecule has 0 amide bonds. The summed E-state index contributed by atoms with van der Waals surface area (Å²) in [5, 5.41) is 13.0. The quantitative estimate of drug-likeness (QED) is 0.802. The number of furan rings is 1. The smallest absolute Gasteiger partial charge is 0.341 e. The Morgan fingerprint density at radius 3 is 2.73 bits per heavy atom. The van der Waals surface area contributed by atoms with Gasteiger partial charge in [-0.3, -0.25) is 0 Å². The molecule has 1 heterocycles. The second kappa shape index (κ2) is 7.20. The summed E-state index contributed by atoms with van der Waals surface area (Å²) in [5.74, 6) is 0.274. The number of hydrogen-bond acceptors (Lipinski definition) is 5. The molecular weight excluding hydrogens is 289 g/mol. The maximum absolute atomic E-state index is 12.8. The third-order valence-corrected chi connectivity index (χ3v) is 3.27. The van der Waals surface area contributed by atoms with Crippen molar-refractivity contribution in [2.24, 2.45) is 0 Å². The Balaban J connectivity index is 1.88. The number of aryl methyl sites for hydroxylation is 1. The number of carbonyl (C=O) groups excluding carboxylic acids is 1. The molecule has 118 valence electrons. The third-order valence-electron chi connectivity index (χ3n) is 3.27. The van der Waals surface area contributed by atoms with E-state index in [4.69, 9.17) is 4.42 Å². The number of benzene rings is 1. The van der Waals surface area contributed by atoms with Gasteiger partial charge in [-0.1, -0.05) is 12.1 Å². The summed E-state index contributed by atoms with van der Waals surface area (Å²) in [4.78, 5) is 11.5. The highest BCUT2D eigenvalue weighted by Crippen LogP contribution is 2.16. The van der Waals surface area contributed by atoms with Crippen molar-refractivity contribution in [1.82, 2.24) is 5.32 Å². The van der Waals surface area contributed by atoms with Crippen LogP contribution in [-0.4, -0.2) is 24.7 Å². The fraction of sp³-hybridized carbons (Fsp3) is 0.312. The molecule has 22 heavy (non-hydrogen) atoms. The first-order valence-electron chi connectivity index (χ1n) is 6.83. The minimum Gasteiger partial charge on any atom is -0.465 e. The van der Waals surface area contributed by atoms with Crippen LogP contribution in [0.3, 0.4) is 0 Å². The molecule has 0 spiro atoms. The van der Waals surface area contributed by atoms with Crippen molar-refractivity contribution in [1.29, 1.82) is 0 Å². The topological polar surface area (TPSA) is 71.7 Å². The molecule has 2 aromatic rings. The molecule has 1 unspecified atom stereocenters. The van der Waals surface area contributed by atoms with Crippen molar-refractivity contribution >= 4 is 5.97 Å². The maximum atomic E-state index is 12.8. The summed E-state index contributed by atoms with van der Waals surface area (Å²) in [6, 6.07) is 7.29. The summed E-state index contributed by atoms with van der Waals surface area (Å²) >= 11 is 0. The minimum absolute atomic E-state index is 0.277. The lowest BCUT2D eigenvalue weighted by molar-refractivity contribution is 0.0599. The lowest BCUT2D eigenvalue weighted by atomic mass is 10.1. The second-order valence-corrected chi connectivity index (χ2v) is 4.87. The molecule has 0 aliphatic rings. The Hall–Kier alpha value is -2.18.